The Morgan fingerprint density at radius 3 is 2.43 bits per heavy atom. The van der Waals surface area contributed by atoms with E-state index < -0.39 is 0 Å². The van der Waals surface area contributed by atoms with Crippen LogP contribution >= 0.6 is 15.9 Å². The zero-order valence-corrected chi connectivity index (χ0v) is 13.7. The van der Waals surface area contributed by atoms with Gasteiger partial charge >= 0.3 is 0 Å². The fraction of sp³-hybridized carbons (Fsp3) is 0.308. The lowest BCUT2D eigenvalue weighted by Crippen LogP contribution is -2.40. The molecule has 0 aliphatic rings. The van der Waals surface area contributed by atoms with E-state index in [1.807, 2.05) is 32.9 Å². The Labute approximate surface area is 131 Å². The van der Waals surface area contributed by atoms with Gasteiger partial charge in [0, 0.05) is 16.2 Å². The number of anilines is 4. The largest absolute Gasteiger partial charge is 0.393 e. The van der Waals surface area contributed by atoms with Crippen LogP contribution in [0.4, 0.5) is 23.1 Å². The third-order valence-electron chi connectivity index (χ3n) is 2.41. The number of hydrazine groups is 1. The van der Waals surface area contributed by atoms with E-state index in [4.69, 9.17) is 5.73 Å². The number of pyridine rings is 1. The highest BCUT2D eigenvalue weighted by Crippen LogP contribution is 2.25. The van der Waals surface area contributed by atoms with Gasteiger partial charge in [-0.3, -0.25) is 0 Å². The number of nitrogens with two attached hydrogens (primary N) is 1. The molecule has 21 heavy (non-hydrogen) atoms. The first-order valence-corrected chi connectivity index (χ1v) is 7.17. The van der Waals surface area contributed by atoms with Gasteiger partial charge in [-0.2, -0.15) is 0 Å². The van der Waals surface area contributed by atoms with Gasteiger partial charge < -0.3 is 16.5 Å². The summed E-state index contributed by atoms with van der Waals surface area (Å²) < 4.78 is 0.903. The third-order valence-corrected chi connectivity index (χ3v) is 2.88. The van der Waals surface area contributed by atoms with Crippen molar-refractivity contribution in [1.29, 1.82) is 0 Å². The van der Waals surface area contributed by atoms with E-state index >= 15 is 0 Å². The summed E-state index contributed by atoms with van der Waals surface area (Å²) in [5, 5.41) is 3.06. The quantitative estimate of drug-likeness (QED) is 0.628. The van der Waals surface area contributed by atoms with E-state index in [0.29, 0.717) is 23.1 Å². The third kappa shape index (κ3) is 4.54. The van der Waals surface area contributed by atoms with Gasteiger partial charge in [0.25, 0.3) is 0 Å². The minimum Gasteiger partial charge on any atom is -0.393 e. The first-order valence-electron chi connectivity index (χ1n) is 6.37. The Balaban J connectivity index is 2.15. The Kier molecular flexibility index (Phi) is 4.59. The molecule has 2 aromatic rings. The smallest absolute Gasteiger partial charge is 0.169 e. The number of rotatable bonds is 4. The van der Waals surface area contributed by atoms with Crippen molar-refractivity contribution < 1.29 is 0 Å². The Bertz CT molecular complexity index is 607. The predicted molar refractivity (Wildman–Crippen MR) is 88.2 cm³/mol. The summed E-state index contributed by atoms with van der Waals surface area (Å²) in [7, 11) is 0. The number of nitrogens with zero attached hydrogens (tertiary/aromatic N) is 3. The molecule has 112 valence electrons. The van der Waals surface area contributed by atoms with Gasteiger partial charge in [-0.05, 0) is 48.8 Å². The summed E-state index contributed by atoms with van der Waals surface area (Å²) in [6, 6.07) is 3.71. The Hall–Kier alpha value is -1.93. The molecule has 0 atom stereocenters. The van der Waals surface area contributed by atoms with E-state index in [-0.39, 0.29) is 5.54 Å². The number of halogens is 1. The second kappa shape index (κ2) is 6.23. The minimum atomic E-state index is -0.113. The van der Waals surface area contributed by atoms with E-state index in [9.17, 15) is 0 Å². The summed E-state index contributed by atoms with van der Waals surface area (Å²) in [6.45, 7) is 6.09. The molecule has 0 aromatic carbocycles. The molecule has 8 heteroatoms. The number of hydrogen-bond donors (Lipinski definition) is 4. The zero-order chi connectivity index (χ0) is 15.5. The fourth-order valence-corrected chi connectivity index (χ4v) is 1.65. The van der Waals surface area contributed by atoms with Gasteiger partial charge in [0.2, 0.25) is 0 Å². The first kappa shape index (κ1) is 15.5. The average molecular weight is 352 g/mol. The Morgan fingerprint density at radius 2 is 1.81 bits per heavy atom. The molecule has 0 unspecified atom stereocenters. The van der Waals surface area contributed by atoms with Gasteiger partial charge in [0.1, 0.15) is 17.8 Å². The van der Waals surface area contributed by atoms with Crippen molar-refractivity contribution in [3.05, 3.63) is 29.1 Å². The van der Waals surface area contributed by atoms with Gasteiger partial charge in [-0.25, -0.2) is 20.4 Å². The number of nitrogen functional groups attached to an aromatic ring is 1. The van der Waals surface area contributed by atoms with Crippen molar-refractivity contribution in [2.75, 3.05) is 16.5 Å². The van der Waals surface area contributed by atoms with Crippen molar-refractivity contribution in [3.63, 3.8) is 0 Å². The van der Waals surface area contributed by atoms with Crippen molar-refractivity contribution in [2.24, 2.45) is 0 Å². The predicted octanol–water partition coefficient (Wildman–Crippen LogP) is 2.67. The second-order valence-electron chi connectivity index (χ2n) is 5.47. The van der Waals surface area contributed by atoms with E-state index in [1.165, 1.54) is 6.33 Å². The Morgan fingerprint density at radius 1 is 1.10 bits per heavy atom. The molecule has 0 radical (unpaired) electrons. The molecule has 0 aliphatic carbocycles. The lowest BCUT2D eigenvalue weighted by molar-refractivity contribution is 0.464. The molecule has 0 spiro atoms. The summed E-state index contributed by atoms with van der Waals surface area (Å²) >= 11 is 3.34. The monoisotopic (exact) mass is 351 g/mol. The van der Waals surface area contributed by atoms with Crippen LogP contribution in [0.3, 0.4) is 0 Å². The molecule has 7 nitrogen and oxygen atoms in total. The molecule has 0 aliphatic heterocycles. The van der Waals surface area contributed by atoms with Gasteiger partial charge in [0.05, 0.1) is 0 Å². The molecular weight excluding hydrogens is 334 g/mol. The maximum Gasteiger partial charge on any atom is 0.169 e. The zero-order valence-electron chi connectivity index (χ0n) is 12.1. The highest BCUT2D eigenvalue weighted by atomic mass is 79.9. The molecular formula is C13H18BrN7. The highest BCUT2D eigenvalue weighted by molar-refractivity contribution is 9.10. The SMILES string of the molecule is CC(C)(C)NNc1ncnc(Nc2ccc(Br)cn2)c1N. The van der Waals surface area contributed by atoms with Crippen LogP contribution in [0, 0.1) is 0 Å². The van der Waals surface area contributed by atoms with Crippen molar-refractivity contribution in [2.45, 2.75) is 26.3 Å². The van der Waals surface area contributed by atoms with Crippen molar-refractivity contribution in [3.8, 4) is 0 Å². The van der Waals surface area contributed by atoms with E-state index in [0.717, 1.165) is 4.47 Å². The molecule has 0 saturated heterocycles. The second-order valence-corrected chi connectivity index (χ2v) is 6.39. The lowest BCUT2D eigenvalue weighted by atomic mass is 10.1. The summed E-state index contributed by atoms with van der Waals surface area (Å²) in [5.41, 5.74) is 12.5. The molecule has 0 amide bonds. The molecule has 5 N–H and O–H groups in total. The first-order chi connectivity index (χ1) is 9.85. The van der Waals surface area contributed by atoms with Gasteiger partial charge in [-0.15, -0.1) is 0 Å². The molecule has 0 saturated carbocycles. The molecule has 2 aromatic heterocycles. The normalized spacial score (nSPS) is 11.2. The van der Waals surface area contributed by atoms with Crippen LogP contribution in [0.1, 0.15) is 20.8 Å². The topological polar surface area (TPSA) is 101 Å². The maximum absolute atomic E-state index is 6.06. The van der Waals surface area contributed by atoms with Crippen LogP contribution < -0.4 is 21.9 Å². The summed E-state index contributed by atoms with van der Waals surface area (Å²) in [6.07, 6.45) is 3.13. The lowest BCUT2D eigenvalue weighted by Gasteiger charge is -2.22. The van der Waals surface area contributed by atoms with E-state index in [2.05, 4.69) is 47.1 Å². The van der Waals surface area contributed by atoms with Crippen molar-refractivity contribution in [1.82, 2.24) is 20.4 Å². The molecule has 0 fully saturated rings. The molecule has 2 heterocycles. The van der Waals surface area contributed by atoms with Crippen LogP contribution in [-0.2, 0) is 0 Å². The van der Waals surface area contributed by atoms with E-state index in [1.54, 1.807) is 6.20 Å². The highest BCUT2D eigenvalue weighted by Gasteiger charge is 2.12. The van der Waals surface area contributed by atoms with Crippen LogP contribution in [0.5, 0.6) is 0 Å². The van der Waals surface area contributed by atoms with Crippen LogP contribution in [0.15, 0.2) is 29.1 Å². The molecule has 0 bridgehead atoms. The minimum absolute atomic E-state index is 0.113. The summed E-state index contributed by atoms with van der Waals surface area (Å²) in [4.78, 5) is 12.5. The van der Waals surface area contributed by atoms with Gasteiger partial charge in [-0.1, -0.05) is 0 Å². The van der Waals surface area contributed by atoms with Crippen LogP contribution in [0.2, 0.25) is 0 Å². The van der Waals surface area contributed by atoms with Crippen LogP contribution in [0.25, 0.3) is 0 Å². The van der Waals surface area contributed by atoms with Crippen LogP contribution in [-0.4, -0.2) is 20.5 Å². The fourth-order valence-electron chi connectivity index (χ4n) is 1.41. The summed E-state index contributed by atoms with van der Waals surface area (Å²) in [5.74, 6) is 1.66. The average Bonchev–Trinajstić information content (AvgIpc) is 2.41. The number of aromatic nitrogens is 3. The maximum atomic E-state index is 6.06. The number of hydrogen-bond acceptors (Lipinski definition) is 7. The standard InChI is InChI=1S/C13H18BrN7/c1-13(2,3)21-20-12-10(15)11(17-7-18-12)19-9-5-4-8(14)6-16-9/h4-7,21H,15H2,1-3H3,(H2,16,17,18,19,20). The number of nitrogens with one attached hydrogen (secondary N) is 3. The van der Waals surface area contributed by atoms with Crippen molar-refractivity contribution >= 4 is 39.1 Å². The molecule has 2 rings (SSSR count). The van der Waals surface area contributed by atoms with Gasteiger partial charge in [0.15, 0.2) is 11.6 Å².